The monoisotopic (exact) mass is 236 g/mol. The molecule has 0 aliphatic carbocycles. The van der Waals surface area contributed by atoms with Gasteiger partial charge in [0.15, 0.2) is 0 Å². The first-order valence-corrected chi connectivity index (χ1v) is 4.93. The number of aromatic nitrogens is 1. The van der Waals surface area contributed by atoms with Gasteiger partial charge < -0.3 is 5.32 Å². The zero-order valence-corrected chi connectivity index (χ0v) is 8.95. The van der Waals surface area contributed by atoms with Crippen LogP contribution >= 0.6 is 0 Å². The third-order valence-corrected chi connectivity index (χ3v) is 2.11. The maximum absolute atomic E-state index is 13.1. The summed E-state index contributed by atoms with van der Waals surface area (Å²) in [5, 5.41) is 2.39. The lowest BCUT2D eigenvalue weighted by Gasteiger charge is -2.15. The molecular weight excluding hydrogens is 224 g/mol. The molecule has 0 aromatic carbocycles. The molecule has 0 spiro atoms. The summed E-state index contributed by atoms with van der Waals surface area (Å²) in [6.07, 6.45) is 1.41. The van der Waals surface area contributed by atoms with Crippen LogP contribution in [0.15, 0.2) is 0 Å². The van der Waals surface area contributed by atoms with Crippen molar-refractivity contribution < 1.29 is 17.6 Å². The minimum Gasteiger partial charge on any atom is -0.378 e. The van der Waals surface area contributed by atoms with E-state index in [4.69, 9.17) is 0 Å². The summed E-state index contributed by atoms with van der Waals surface area (Å²) in [7, 11) is 0. The number of anilines is 1. The van der Waals surface area contributed by atoms with Crippen LogP contribution in [0.3, 0.4) is 0 Å². The van der Waals surface area contributed by atoms with E-state index in [1.54, 1.807) is 6.92 Å². The summed E-state index contributed by atoms with van der Waals surface area (Å²) in [5.41, 5.74) is -0.800. The van der Waals surface area contributed by atoms with E-state index < -0.39 is 29.2 Å². The summed E-state index contributed by atoms with van der Waals surface area (Å²) >= 11 is 0. The molecule has 1 rings (SSSR count). The number of halogens is 4. The molecule has 1 N–H and O–H groups in total. The first-order valence-electron chi connectivity index (χ1n) is 4.93. The van der Waals surface area contributed by atoms with Gasteiger partial charge in [-0.15, -0.1) is 0 Å². The van der Waals surface area contributed by atoms with Gasteiger partial charge in [-0.2, -0.15) is 22.5 Å². The molecule has 1 unspecified atom stereocenters. The zero-order valence-electron chi connectivity index (χ0n) is 8.95. The van der Waals surface area contributed by atoms with Crippen molar-refractivity contribution in [1.82, 2.24) is 4.98 Å². The molecule has 0 aliphatic rings. The molecule has 90 valence electrons. The maximum atomic E-state index is 13.1. The lowest BCUT2D eigenvalue weighted by Crippen LogP contribution is -2.18. The number of pyridine rings is 1. The predicted molar refractivity (Wildman–Crippen MR) is 52.1 cm³/mol. The average Bonchev–Trinajstić information content (AvgIpc) is 2.22. The van der Waals surface area contributed by atoms with Crippen LogP contribution in [0.5, 0.6) is 0 Å². The Morgan fingerprint density at radius 1 is 1.12 bits per heavy atom. The zero-order chi connectivity index (χ0) is 12.3. The highest BCUT2D eigenvalue weighted by molar-refractivity contribution is 5.46. The van der Waals surface area contributed by atoms with Gasteiger partial charge in [-0.3, -0.25) is 0 Å². The van der Waals surface area contributed by atoms with Gasteiger partial charge in [0, 0.05) is 6.04 Å². The number of rotatable bonds is 4. The quantitative estimate of drug-likeness (QED) is 0.641. The fourth-order valence-electron chi connectivity index (χ4n) is 1.37. The summed E-state index contributed by atoms with van der Waals surface area (Å²) in [4.78, 5) is 2.46. The van der Waals surface area contributed by atoms with Crippen molar-refractivity contribution in [3.8, 4) is 0 Å². The Morgan fingerprint density at radius 2 is 1.62 bits per heavy atom. The smallest absolute Gasteiger partial charge is 0.253 e. The van der Waals surface area contributed by atoms with Gasteiger partial charge in [0.25, 0.3) is 11.9 Å². The fraction of sp³-hybridized carbons (Fsp3) is 0.500. The lowest BCUT2D eigenvalue weighted by molar-refractivity contribution is 0.409. The molecule has 0 bridgehead atoms. The van der Waals surface area contributed by atoms with E-state index in [-0.39, 0.29) is 6.04 Å². The van der Waals surface area contributed by atoms with E-state index in [2.05, 4.69) is 10.3 Å². The molecular formula is C10H12F4N2. The summed E-state index contributed by atoms with van der Waals surface area (Å²) in [5.74, 6) is -6.29. The van der Waals surface area contributed by atoms with Crippen LogP contribution in [0.4, 0.5) is 23.2 Å². The highest BCUT2D eigenvalue weighted by atomic mass is 19.2. The van der Waals surface area contributed by atoms with Crippen molar-refractivity contribution in [1.29, 1.82) is 0 Å². The average molecular weight is 236 g/mol. The van der Waals surface area contributed by atoms with Gasteiger partial charge in [0.1, 0.15) is 5.69 Å². The highest BCUT2D eigenvalue weighted by Crippen LogP contribution is 2.23. The Balaban J connectivity index is 3.03. The minimum atomic E-state index is -1.65. The van der Waals surface area contributed by atoms with Gasteiger partial charge in [0.05, 0.1) is 0 Å². The summed E-state index contributed by atoms with van der Waals surface area (Å²) in [6.45, 7) is 3.55. The van der Waals surface area contributed by atoms with Gasteiger partial charge in [-0.25, -0.2) is 0 Å². The van der Waals surface area contributed by atoms with E-state index in [1.165, 1.54) is 0 Å². The molecule has 0 radical (unpaired) electrons. The number of nitrogens with one attached hydrogen (secondary N) is 1. The first-order chi connectivity index (χ1) is 7.47. The largest absolute Gasteiger partial charge is 0.378 e. The predicted octanol–water partition coefficient (Wildman–Crippen LogP) is 3.24. The van der Waals surface area contributed by atoms with Crippen LogP contribution in [-0.2, 0) is 0 Å². The Labute approximate surface area is 90.7 Å². The molecule has 1 atom stereocenters. The van der Waals surface area contributed by atoms with Crippen molar-refractivity contribution >= 4 is 5.69 Å². The third-order valence-electron chi connectivity index (χ3n) is 2.11. The molecule has 1 heterocycles. The van der Waals surface area contributed by atoms with Crippen molar-refractivity contribution in [3.05, 3.63) is 23.5 Å². The Hall–Kier alpha value is -1.33. The van der Waals surface area contributed by atoms with Crippen molar-refractivity contribution in [2.24, 2.45) is 0 Å². The summed E-state index contributed by atoms with van der Waals surface area (Å²) in [6, 6.07) is -0.282. The molecule has 0 amide bonds. The molecule has 6 heteroatoms. The van der Waals surface area contributed by atoms with Crippen LogP contribution < -0.4 is 5.32 Å². The van der Waals surface area contributed by atoms with Crippen molar-refractivity contribution in [2.75, 3.05) is 5.32 Å². The van der Waals surface area contributed by atoms with E-state index in [0.29, 0.717) is 6.42 Å². The molecule has 1 aromatic heterocycles. The molecule has 2 nitrogen and oxygen atoms in total. The van der Waals surface area contributed by atoms with Gasteiger partial charge >= 0.3 is 0 Å². The second kappa shape index (κ2) is 5.14. The Bertz CT molecular complexity index is 355. The molecule has 0 aliphatic heterocycles. The SMILES string of the molecule is CCCC(C)Nc1c(F)c(F)nc(F)c1F. The highest BCUT2D eigenvalue weighted by Gasteiger charge is 2.21. The van der Waals surface area contributed by atoms with E-state index in [9.17, 15) is 17.6 Å². The number of hydrogen-bond donors (Lipinski definition) is 1. The van der Waals surface area contributed by atoms with Gasteiger partial charge in [-0.05, 0) is 13.3 Å². The summed E-state index contributed by atoms with van der Waals surface area (Å²) < 4.78 is 51.7. The van der Waals surface area contributed by atoms with Crippen molar-refractivity contribution in [2.45, 2.75) is 32.7 Å². The van der Waals surface area contributed by atoms with Crippen LogP contribution in [-0.4, -0.2) is 11.0 Å². The van der Waals surface area contributed by atoms with Crippen LogP contribution in [0.25, 0.3) is 0 Å². The minimum absolute atomic E-state index is 0.282. The number of hydrogen-bond acceptors (Lipinski definition) is 2. The van der Waals surface area contributed by atoms with Gasteiger partial charge in [0.2, 0.25) is 11.6 Å². The Morgan fingerprint density at radius 3 is 2.06 bits per heavy atom. The topological polar surface area (TPSA) is 24.9 Å². The second-order valence-electron chi connectivity index (χ2n) is 3.53. The number of nitrogens with zero attached hydrogens (tertiary/aromatic N) is 1. The van der Waals surface area contributed by atoms with Crippen molar-refractivity contribution in [3.63, 3.8) is 0 Å². The first kappa shape index (κ1) is 12.7. The van der Waals surface area contributed by atoms with Crippen LogP contribution in [0.2, 0.25) is 0 Å². The van der Waals surface area contributed by atoms with E-state index in [0.717, 1.165) is 6.42 Å². The standard InChI is InChI=1S/C10H12F4N2/c1-3-4-5(2)15-8-6(11)9(13)16-10(14)7(8)12/h5H,3-4H2,1-2H3,(H,15,16). The Kier molecular flexibility index (Phi) is 4.09. The van der Waals surface area contributed by atoms with E-state index in [1.807, 2.05) is 6.92 Å². The van der Waals surface area contributed by atoms with Crippen LogP contribution in [0, 0.1) is 23.5 Å². The van der Waals surface area contributed by atoms with Gasteiger partial charge in [-0.1, -0.05) is 13.3 Å². The molecule has 0 fully saturated rings. The van der Waals surface area contributed by atoms with E-state index >= 15 is 0 Å². The molecule has 16 heavy (non-hydrogen) atoms. The normalized spacial score (nSPS) is 12.6. The fourth-order valence-corrected chi connectivity index (χ4v) is 1.37. The molecule has 0 saturated heterocycles. The molecule has 0 saturated carbocycles. The molecule has 1 aromatic rings. The lowest BCUT2D eigenvalue weighted by atomic mass is 10.2. The third kappa shape index (κ3) is 2.62. The van der Waals surface area contributed by atoms with Crippen LogP contribution in [0.1, 0.15) is 26.7 Å². The second-order valence-corrected chi connectivity index (χ2v) is 3.53. The maximum Gasteiger partial charge on any atom is 0.253 e.